The molecule has 1 fully saturated rings. The molecule has 0 heterocycles. The molecule has 2 atom stereocenters. The summed E-state index contributed by atoms with van der Waals surface area (Å²) in [6, 6.07) is 5.75. The van der Waals surface area contributed by atoms with Gasteiger partial charge in [-0.2, -0.15) is 0 Å². The molecule has 1 N–H and O–H groups in total. The van der Waals surface area contributed by atoms with E-state index in [-0.39, 0.29) is 11.4 Å². The Hall–Kier alpha value is -1.55. The minimum Gasteiger partial charge on any atom is -0.508 e. The molecule has 1 unspecified atom stereocenters. The summed E-state index contributed by atoms with van der Waals surface area (Å²) in [6.45, 7) is 2.47. The average molecular weight is 331 g/mol. The van der Waals surface area contributed by atoms with Gasteiger partial charge in [0.15, 0.2) is 0 Å². The maximum Gasteiger partial charge on any atom is 0.303 e. The zero-order valence-electron chi connectivity index (χ0n) is 15.1. The number of hydrogen-bond donors (Lipinski definition) is 1. The summed E-state index contributed by atoms with van der Waals surface area (Å²) < 4.78 is 6.08. The van der Waals surface area contributed by atoms with E-state index in [1.54, 1.807) is 6.07 Å². The molecule has 0 radical (unpaired) electrons. The van der Waals surface area contributed by atoms with Gasteiger partial charge in [0, 0.05) is 12.3 Å². The molecule has 3 rings (SSSR count). The molecule has 0 aromatic heterocycles. The lowest BCUT2D eigenvalue weighted by Gasteiger charge is -2.56. The van der Waals surface area contributed by atoms with Gasteiger partial charge in [-0.05, 0) is 82.4 Å². The topological polar surface area (TPSA) is 49.8 Å². The first-order chi connectivity index (χ1) is 11.4. The highest BCUT2D eigenvalue weighted by Gasteiger charge is 2.58. The number of ether oxygens (including phenoxy) is 1. The van der Waals surface area contributed by atoms with E-state index >= 15 is 0 Å². The number of nitrogens with zero attached hydrogens (tertiary/aromatic N) is 1. The molecule has 1 saturated carbocycles. The summed E-state index contributed by atoms with van der Waals surface area (Å²) in [5, 5.41) is 10.1. The van der Waals surface area contributed by atoms with Crippen LogP contribution in [0.25, 0.3) is 0 Å². The van der Waals surface area contributed by atoms with E-state index < -0.39 is 5.60 Å². The molecular weight excluding hydrogens is 302 g/mol. The first kappa shape index (κ1) is 17.3. The molecular formula is C20H29NO3. The van der Waals surface area contributed by atoms with Crippen LogP contribution in [0.2, 0.25) is 0 Å². The van der Waals surface area contributed by atoms with Crippen LogP contribution < -0.4 is 0 Å². The lowest BCUT2D eigenvalue weighted by Crippen LogP contribution is -2.59. The largest absolute Gasteiger partial charge is 0.508 e. The van der Waals surface area contributed by atoms with Crippen LogP contribution in [-0.2, 0) is 21.4 Å². The highest BCUT2D eigenvalue weighted by atomic mass is 16.6. The maximum atomic E-state index is 11.9. The summed E-state index contributed by atoms with van der Waals surface area (Å²) in [6.07, 6.45) is 6.94. The molecule has 0 saturated heterocycles. The van der Waals surface area contributed by atoms with Crippen molar-refractivity contribution in [2.45, 2.75) is 62.9 Å². The SMILES string of the molecule is CC(=O)OC12CCCC[C@]1(CCN(C)C)c1cc(O)ccc1CC2. The van der Waals surface area contributed by atoms with Gasteiger partial charge in [0.25, 0.3) is 0 Å². The first-order valence-electron chi connectivity index (χ1n) is 9.05. The van der Waals surface area contributed by atoms with Crippen molar-refractivity contribution in [1.82, 2.24) is 4.90 Å². The van der Waals surface area contributed by atoms with E-state index in [1.807, 2.05) is 12.1 Å². The van der Waals surface area contributed by atoms with Crippen LogP contribution in [0.3, 0.4) is 0 Å². The molecule has 4 heteroatoms. The Morgan fingerprint density at radius 3 is 2.71 bits per heavy atom. The Morgan fingerprint density at radius 1 is 1.25 bits per heavy atom. The molecule has 2 aliphatic carbocycles. The van der Waals surface area contributed by atoms with Gasteiger partial charge >= 0.3 is 5.97 Å². The highest BCUT2D eigenvalue weighted by molar-refractivity contribution is 5.67. The number of hydrogen-bond acceptors (Lipinski definition) is 4. The van der Waals surface area contributed by atoms with Gasteiger partial charge in [0.2, 0.25) is 0 Å². The number of carbonyl (C=O) groups is 1. The zero-order valence-corrected chi connectivity index (χ0v) is 15.1. The molecule has 0 bridgehead atoms. The van der Waals surface area contributed by atoms with E-state index in [0.29, 0.717) is 5.75 Å². The summed E-state index contributed by atoms with van der Waals surface area (Å²) in [4.78, 5) is 14.1. The second kappa shape index (κ2) is 6.40. The van der Waals surface area contributed by atoms with E-state index in [1.165, 1.54) is 18.1 Å². The Morgan fingerprint density at radius 2 is 2.00 bits per heavy atom. The monoisotopic (exact) mass is 331 g/mol. The van der Waals surface area contributed by atoms with Gasteiger partial charge in [0.05, 0.1) is 0 Å². The Bertz CT molecular complexity index is 627. The Balaban J connectivity index is 2.14. The van der Waals surface area contributed by atoms with Gasteiger partial charge in [0.1, 0.15) is 11.4 Å². The predicted molar refractivity (Wildman–Crippen MR) is 94.2 cm³/mol. The zero-order chi connectivity index (χ0) is 17.4. The van der Waals surface area contributed by atoms with E-state index in [9.17, 15) is 9.90 Å². The van der Waals surface area contributed by atoms with Crippen molar-refractivity contribution in [2.24, 2.45) is 0 Å². The summed E-state index contributed by atoms with van der Waals surface area (Å²) in [5.74, 6) is 0.122. The maximum absolute atomic E-state index is 11.9. The molecule has 24 heavy (non-hydrogen) atoms. The molecule has 132 valence electrons. The third-order valence-corrected chi connectivity index (χ3v) is 6.04. The van der Waals surface area contributed by atoms with Crippen LogP contribution in [0.1, 0.15) is 56.6 Å². The quantitative estimate of drug-likeness (QED) is 0.859. The number of benzene rings is 1. The first-order valence-corrected chi connectivity index (χ1v) is 9.05. The van der Waals surface area contributed by atoms with Crippen molar-refractivity contribution in [3.8, 4) is 5.75 Å². The number of aromatic hydroxyl groups is 1. The number of phenolic OH excluding ortho intramolecular Hbond substituents is 1. The van der Waals surface area contributed by atoms with E-state index in [2.05, 4.69) is 19.0 Å². The van der Waals surface area contributed by atoms with Crippen molar-refractivity contribution in [2.75, 3.05) is 20.6 Å². The fourth-order valence-corrected chi connectivity index (χ4v) is 4.99. The van der Waals surface area contributed by atoms with Crippen molar-refractivity contribution in [3.05, 3.63) is 29.3 Å². The second-order valence-electron chi connectivity index (χ2n) is 7.77. The van der Waals surface area contributed by atoms with Crippen LogP contribution in [-0.4, -0.2) is 42.2 Å². The second-order valence-corrected chi connectivity index (χ2v) is 7.77. The minimum atomic E-state index is -0.423. The molecule has 1 aromatic rings. The lowest BCUT2D eigenvalue weighted by atomic mass is 9.53. The van der Waals surface area contributed by atoms with Gasteiger partial charge in [-0.3, -0.25) is 4.79 Å². The van der Waals surface area contributed by atoms with Gasteiger partial charge in [-0.1, -0.05) is 12.5 Å². The number of phenols is 1. The lowest BCUT2D eigenvalue weighted by molar-refractivity contribution is -0.177. The molecule has 0 aliphatic heterocycles. The molecule has 0 spiro atoms. The number of rotatable bonds is 4. The molecule has 1 aromatic carbocycles. The van der Waals surface area contributed by atoms with Crippen LogP contribution in [0, 0.1) is 0 Å². The van der Waals surface area contributed by atoms with Crippen LogP contribution >= 0.6 is 0 Å². The molecule has 4 nitrogen and oxygen atoms in total. The van der Waals surface area contributed by atoms with Crippen LogP contribution in [0.15, 0.2) is 18.2 Å². The van der Waals surface area contributed by atoms with Crippen LogP contribution in [0.4, 0.5) is 0 Å². The fraction of sp³-hybridized carbons (Fsp3) is 0.650. The fourth-order valence-electron chi connectivity index (χ4n) is 4.99. The molecule has 2 aliphatic rings. The third kappa shape index (κ3) is 2.81. The standard InChI is InChI=1S/C20H29NO3/c1-15(22)24-20-10-5-4-9-19(20,12-13-21(2)3)18-14-17(23)7-6-16(18)8-11-20/h6-7,14,23H,4-5,8-13H2,1-3H3/t19-,20?/m0/s1. The minimum absolute atomic E-state index is 0.185. The number of aryl methyl sites for hydroxylation is 1. The van der Waals surface area contributed by atoms with Gasteiger partial charge < -0.3 is 14.7 Å². The van der Waals surface area contributed by atoms with Crippen LogP contribution in [0.5, 0.6) is 5.75 Å². The van der Waals surface area contributed by atoms with Gasteiger partial charge in [-0.15, -0.1) is 0 Å². The Labute approximate surface area is 144 Å². The van der Waals surface area contributed by atoms with E-state index in [4.69, 9.17) is 4.74 Å². The summed E-state index contributed by atoms with van der Waals surface area (Å²) in [5.41, 5.74) is 1.90. The smallest absolute Gasteiger partial charge is 0.303 e. The third-order valence-electron chi connectivity index (χ3n) is 6.04. The predicted octanol–water partition coefficient (Wildman–Crippen LogP) is 3.40. The Kier molecular flexibility index (Phi) is 4.60. The average Bonchev–Trinajstić information content (AvgIpc) is 2.52. The number of esters is 1. The van der Waals surface area contributed by atoms with Crippen molar-refractivity contribution < 1.29 is 14.6 Å². The summed E-state index contributed by atoms with van der Waals surface area (Å²) >= 11 is 0. The van der Waals surface area contributed by atoms with Crippen molar-refractivity contribution in [3.63, 3.8) is 0 Å². The number of carbonyl (C=O) groups excluding carboxylic acids is 1. The van der Waals surface area contributed by atoms with Crippen molar-refractivity contribution >= 4 is 5.97 Å². The number of fused-ring (bicyclic) bond motifs is 3. The normalized spacial score (nSPS) is 29.0. The summed E-state index contributed by atoms with van der Waals surface area (Å²) in [7, 11) is 4.17. The molecule has 0 amide bonds. The van der Waals surface area contributed by atoms with Crippen molar-refractivity contribution in [1.29, 1.82) is 0 Å². The van der Waals surface area contributed by atoms with Gasteiger partial charge in [-0.25, -0.2) is 0 Å². The highest BCUT2D eigenvalue weighted by Crippen LogP contribution is 2.57. The van der Waals surface area contributed by atoms with E-state index in [0.717, 1.165) is 51.5 Å².